The number of benzene rings is 4. The van der Waals surface area contributed by atoms with Gasteiger partial charge >= 0.3 is 11.9 Å². The molecule has 0 saturated carbocycles. The molecule has 1 aliphatic rings. The minimum absolute atomic E-state index is 0.0449. The summed E-state index contributed by atoms with van der Waals surface area (Å²) in [5, 5.41) is 24.9. The van der Waals surface area contributed by atoms with Crippen molar-refractivity contribution in [3.8, 4) is 34.1 Å². The summed E-state index contributed by atoms with van der Waals surface area (Å²) in [7, 11) is 0. The third-order valence-electron chi connectivity index (χ3n) is 8.14. The van der Waals surface area contributed by atoms with E-state index in [4.69, 9.17) is 18.9 Å². The van der Waals surface area contributed by atoms with Gasteiger partial charge < -0.3 is 18.9 Å². The molecule has 0 atom stereocenters. The van der Waals surface area contributed by atoms with Gasteiger partial charge in [0.1, 0.15) is 23.0 Å². The van der Waals surface area contributed by atoms with Gasteiger partial charge in [-0.25, -0.2) is 9.59 Å². The van der Waals surface area contributed by atoms with E-state index >= 15 is 0 Å². The highest BCUT2D eigenvalue weighted by molar-refractivity contribution is 7.97. The maximum atomic E-state index is 13.0. The summed E-state index contributed by atoms with van der Waals surface area (Å²) in [6.45, 7) is 5.33. The number of rotatable bonds is 16. The Hall–Kier alpha value is -5.43. The van der Waals surface area contributed by atoms with Gasteiger partial charge in [-0.15, -0.1) is 0 Å². The molecule has 4 aromatic rings. The molecule has 4 aromatic carbocycles. The Bertz CT molecular complexity index is 1760. The zero-order valence-electron chi connectivity index (χ0n) is 28.4. The largest absolute Gasteiger partial charge is 0.494 e. The number of nitrogens with zero attached hydrogens (tertiary/aromatic N) is 2. The highest BCUT2D eigenvalue weighted by atomic mass is 32.2. The van der Waals surface area contributed by atoms with Crippen LogP contribution in [0.25, 0.3) is 11.1 Å². The van der Waals surface area contributed by atoms with E-state index in [1.54, 1.807) is 48.5 Å². The summed E-state index contributed by atoms with van der Waals surface area (Å²) in [6, 6.07) is 18.0. The van der Waals surface area contributed by atoms with Gasteiger partial charge in [-0.05, 0) is 84.6 Å². The number of nitro benzene ring substituents is 2. The number of ether oxygens (including phenoxy) is 4. The van der Waals surface area contributed by atoms with E-state index in [1.165, 1.54) is 23.9 Å². The van der Waals surface area contributed by atoms with Gasteiger partial charge in [-0.3, -0.25) is 20.2 Å². The topological polar surface area (TPSA) is 157 Å². The number of unbranched alkanes of at least 4 members (excludes halogenated alkanes) is 4. The van der Waals surface area contributed by atoms with Gasteiger partial charge in [-0.2, -0.15) is 11.8 Å². The number of fused-ring (bicyclic) bond motifs is 3. The molecular weight excluding hydrogens is 676 g/mol. The Morgan fingerprint density at radius 2 is 1.00 bits per heavy atom. The number of carbonyl (C=O) groups is 2. The molecule has 0 saturated heterocycles. The molecule has 1 heterocycles. The van der Waals surface area contributed by atoms with Crippen LogP contribution in [0.5, 0.6) is 23.0 Å². The summed E-state index contributed by atoms with van der Waals surface area (Å²) in [5.41, 5.74) is 0.384. The van der Waals surface area contributed by atoms with Crippen molar-refractivity contribution in [3.63, 3.8) is 0 Å². The average molecular weight is 715 g/mol. The van der Waals surface area contributed by atoms with Crippen molar-refractivity contribution in [2.45, 2.75) is 63.9 Å². The van der Waals surface area contributed by atoms with Crippen LogP contribution in [-0.4, -0.2) is 35.0 Å². The molecule has 0 unspecified atom stereocenters. The van der Waals surface area contributed by atoms with Crippen LogP contribution in [0.15, 0.2) is 72.8 Å². The second-order valence-corrected chi connectivity index (χ2v) is 12.9. The Morgan fingerprint density at radius 1 is 0.608 bits per heavy atom. The van der Waals surface area contributed by atoms with Crippen molar-refractivity contribution >= 4 is 35.1 Å². The molecule has 51 heavy (non-hydrogen) atoms. The summed E-state index contributed by atoms with van der Waals surface area (Å²) in [4.78, 5) is 49.6. The van der Waals surface area contributed by atoms with Crippen molar-refractivity contribution in [2.75, 3.05) is 13.2 Å². The lowest BCUT2D eigenvalue weighted by Gasteiger charge is -2.14. The van der Waals surface area contributed by atoms with Gasteiger partial charge in [0.2, 0.25) is 0 Å². The van der Waals surface area contributed by atoms with Crippen molar-refractivity contribution < 1.29 is 38.4 Å². The van der Waals surface area contributed by atoms with E-state index in [0.717, 1.165) is 50.7 Å². The first-order valence-electron chi connectivity index (χ1n) is 16.8. The lowest BCUT2D eigenvalue weighted by Crippen LogP contribution is -2.10. The van der Waals surface area contributed by atoms with E-state index in [1.807, 2.05) is 0 Å². The molecule has 13 heteroatoms. The summed E-state index contributed by atoms with van der Waals surface area (Å²) >= 11 is 1.36. The molecule has 0 radical (unpaired) electrons. The van der Waals surface area contributed by atoms with Gasteiger partial charge in [-0.1, -0.05) is 39.5 Å². The molecule has 0 aliphatic carbocycles. The molecule has 0 bridgehead atoms. The molecule has 0 fully saturated rings. The fourth-order valence-electron chi connectivity index (χ4n) is 5.59. The molecule has 12 nitrogen and oxygen atoms in total. The number of thioether (sulfide) groups is 1. The van der Waals surface area contributed by atoms with Gasteiger partial charge in [0, 0.05) is 11.5 Å². The molecular formula is C38H38N2O10S. The quantitative estimate of drug-likeness (QED) is 0.0358. The van der Waals surface area contributed by atoms with Gasteiger partial charge in [0.25, 0.3) is 11.4 Å². The third-order valence-corrected chi connectivity index (χ3v) is 9.17. The van der Waals surface area contributed by atoms with E-state index in [-0.39, 0.29) is 45.3 Å². The van der Waals surface area contributed by atoms with Crippen LogP contribution in [0, 0.1) is 20.2 Å². The number of hydrogen-bond acceptors (Lipinski definition) is 11. The number of esters is 2. The maximum Gasteiger partial charge on any atom is 0.343 e. The standard InChI is InChI=1S/C38H38N2O10S/c1-3-5-7-17-47-29-13-9-25(10-14-29)37(41)49-31-19-27-23-51-24-28-20-32(22-34(40(45)46)36(28)35(27)33(21-31)39(43)44)50-38(42)26-11-15-30(16-12-26)48-18-8-6-4-2/h9-16,19-22H,3-8,17-18,23-24H2,1-2H3. The summed E-state index contributed by atoms with van der Waals surface area (Å²) in [6.07, 6.45) is 6.09. The lowest BCUT2D eigenvalue weighted by atomic mass is 9.93. The Balaban J connectivity index is 1.39. The SMILES string of the molecule is CCCCCOc1ccc(C(=O)Oc2cc3c(c([N+](=O)[O-])c2)-c2c(cc(OC(=O)c4ccc(OCCCCC)cc4)cc2[N+](=O)[O-])CSC3)cc1. The second kappa shape index (κ2) is 17.5. The van der Waals surface area contributed by atoms with E-state index in [9.17, 15) is 29.8 Å². The first-order valence-corrected chi connectivity index (χ1v) is 17.9. The monoisotopic (exact) mass is 714 g/mol. The molecule has 0 amide bonds. The van der Waals surface area contributed by atoms with E-state index in [2.05, 4.69) is 13.8 Å². The summed E-state index contributed by atoms with van der Waals surface area (Å²) < 4.78 is 22.5. The lowest BCUT2D eigenvalue weighted by molar-refractivity contribution is -0.386. The van der Waals surface area contributed by atoms with Crippen molar-refractivity contribution in [1.29, 1.82) is 0 Å². The normalized spacial score (nSPS) is 11.8. The number of hydrogen-bond donors (Lipinski definition) is 0. The zero-order valence-corrected chi connectivity index (χ0v) is 29.2. The van der Waals surface area contributed by atoms with E-state index < -0.39 is 33.2 Å². The van der Waals surface area contributed by atoms with Crippen LogP contribution in [0.1, 0.15) is 84.2 Å². The first-order chi connectivity index (χ1) is 24.7. The van der Waals surface area contributed by atoms with E-state index in [0.29, 0.717) is 35.8 Å². The predicted molar refractivity (Wildman–Crippen MR) is 193 cm³/mol. The molecule has 5 rings (SSSR count). The Kier molecular flexibility index (Phi) is 12.6. The third kappa shape index (κ3) is 9.43. The number of carbonyl (C=O) groups excluding carboxylic acids is 2. The fraction of sp³-hybridized carbons (Fsp3) is 0.316. The molecule has 0 aromatic heterocycles. The van der Waals surface area contributed by atoms with Crippen LogP contribution >= 0.6 is 11.8 Å². The van der Waals surface area contributed by atoms with Crippen molar-refractivity contribution in [2.24, 2.45) is 0 Å². The van der Waals surface area contributed by atoms with Crippen LogP contribution in [0.3, 0.4) is 0 Å². The van der Waals surface area contributed by atoms with Crippen molar-refractivity contribution in [3.05, 3.63) is 115 Å². The van der Waals surface area contributed by atoms with Crippen LogP contribution in [-0.2, 0) is 11.5 Å². The zero-order chi connectivity index (χ0) is 36.3. The maximum absolute atomic E-state index is 13.0. The minimum atomic E-state index is -0.727. The smallest absolute Gasteiger partial charge is 0.343 e. The Labute approximate surface area is 299 Å². The van der Waals surface area contributed by atoms with Gasteiger partial charge in [0.05, 0.1) is 57.4 Å². The Morgan fingerprint density at radius 3 is 1.35 bits per heavy atom. The van der Waals surface area contributed by atoms with Gasteiger partial charge in [0.15, 0.2) is 0 Å². The van der Waals surface area contributed by atoms with Crippen molar-refractivity contribution in [1.82, 2.24) is 0 Å². The second-order valence-electron chi connectivity index (χ2n) is 11.9. The molecule has 1 aliphatic heterocycles. The first kappa shape index (κ1) is 36.8. The summed E-state index contributed by atoms with van der Waals surface area (Å²) in [5.74, 6) is 0.0930. The average Bonchev–Trinajstić information content (AvgIpc) is 3.30. The number of nitro groups is 2. The molecule has 0 N–H and O–H groups in total. The minimum Gasteiger partial charge on any atom is -0.494 e. The molecule has 0 spiro atoms. The van der Waals surface area contributed by atoms with Crippen LogP contribution in [0.2, 0.25) is 0 Å². The molecule has 266 valence electrons. The van der Waals surface area contributed by atoms with Crippen LogP contribution < -0.4 is 18.9 Å². The fourth-order valence-corrected chi connectivity index (χ4v) is 6.58. The highest BCUT2D eigenvalue weighted by Crippen LogP contribution is 2.48. The predicted octanol–water partition coefficient (Wildman–Crippen LogP) is 9.49. The highest BCUT2D eigenvalue weighted by Gasteiger charge is 2.33. The van der Waals surface area contributed by atoms with Crippen LogP contribution in [0.4, 0.5) is 11.4 Å².